The van der Waals surface area contributed by atoms with Crippen LogP contribution in [0, 0.1) is 35.5 Å². The zero-order valence-electron chi connectivity index (χ0n) is 45.7. The van der Waals surface area contributed by atoms with E-state index in [-0.39, 0.29) is 49.9 Å². The highest BCUT2D eigenvalue weighted by Gasteiger charge is 2.53. The van der Waals surface area contributed by atoms with Gasteiger partial charge < -0.3 is 77.1 Å². The first-order chi connectivity index (χ1) is 34.3. The molecule has 73 heavy (non-hydrogen) atoms. The van der Waals surface area contributed by atoms with Crippen molar-refractivity contribution in [3.8, 4) is 0 Å². The molecule has 0 bridgehead atoms. The zero-order valence-corrected chi connectivity index (χ0v) is 45.7. The summed E-state index contributed by atoms with van der Waals surface area (Å²) in [6.45, 7) is 18.7. The third kappa shape index (κ3) is 16.9. The topological polar surface area (TPSA) is 251 Å². The summed E-state index contributed by atoms with van der Waals surface area (Å²) >= 11 is 0. The van der Waals surface area contributed by atoms with E-state index in [2.05, 4.69) is 0 Å². The van der Waals surface area contributed by atoms with Crippen molar-refractivity contribution in [2.75, 3.05) is 34.9 Å². The standard InChI is InChI=1S/C53H87NO19/c1-16-38-36(26-65-52-49(64-15)48(63-14)44(60)32(8)66-52)22-28(4)17-18-37(57)29(5)23-35(19-20-55)46(31(7)39(68-34(10)56)25-41(59)69-38)72-51-45(61)43(54(12)13)47(33(9)67-51)71-42-24-30(6)50(53(11,62)73-42)70-40(58)21-27(2)3/h17-18,20,22,27,29-33,35-36,38-39,42-52,60-62H,16,19,21,23-26H2,1-15H3/b18-17+,28-22+/t29-,30-,31+,32-,33-,35+,36-,38-,39-,42+,43-,44-,45-,46-,47-,48-,49-,50+,51+,52-,53-/m1/s1. The molecule has 0 aliphatic carbocycles. The van der Waals surface area contributed by atoms with Crippen LogP contribution in [0.4, 0.5) is 0 Å². The first-order valence-corrected chi connectivity index (χ1v) is 25.9. The van der Waals surface area contributed by atoms with Crippen LogP contribution in [0.1, 0.15) is 115 Å². The van der Waals surface area contributed by atoms with Gasteiger partial charge in [0.2, 0.25) is 5.79 Å². The summed E-state index contributed by atoms with van der Waals surface area (Å²) in [5.41, 5.74) is 0.663. The van der Waals surface area contributed by atoms with Crippen LogP contribution in [0.5, 0.6) is 0 Å². The number of ether oxygens (including phenoxy) is 11. The summed E-state index contributed by atoms with van der Waals surface area (Å²) in [7, 11) is 6.41. The van der Waals surface area contributed by atoms with E-state index in [1.165, 1.54) is 34.1 Å². The van der Waals surface area contributed by atoms with Gasteiger partial charge in [0.15, 0.2) is 30.8 Å². The van der Waals surface area contributed by atoms with Gasteiger partial charge in [0.05, 0.1) is 37.4 Å². The van der Waals surface area contributed by atoms with E-state index < -0.39 is 146 Å². The zero-order chi connectivity index (χ0) is 54.6. The molecule has 0 amide bonds. The molecule has 0 spiro atoms. The van der Waals surface area contributed by atoms with Crippen molar-refractivity contribution in [2.24, 2.45) is 35.5 Å². The van der Waals surface area contributed by atoms with Gasteiger partial charge in [0, 0.05) is 64.1 Å². The van der Waals surface area contributed by atoms with Gasteiger partial charge in [-0.25, -0.2) is 0 Å². The molecule has 20 nitrogen and oxygen atoms in total. The molecule has 20 heteroatoms. The number of carbonyl (C=O) groups is 5. The van der Waals surface area contributed by atoms with Crippen LogP contribution in [-0.4, -0.2) is 183 Å². The number of hydrogen-bond acceptors (Lipinski definition) is 20. The lowest BCUT2D eigenvalue weighted by molar-refractivity contribution is -0.378. The number of carbonyl (C=O) groups excluding carboxylic acids is 5. The van der Waals surface area contributed by atoms with Crippen LogP contribution < -0.4 is 0 Å². The predicted octanol–water partition coefficient (Wildman–Crippen LogP) is 4.21. The fourth-order valence-corrected chi connectivity index (χ4v) is 10.6. The van der Waals surface area contributed by atoms with Gasteiger partial charge in [-0.3, -0.25) is 19.2 Å². The van der Waals surface area contributed by atoms with Gasteiger partial charge in [-0.1, -0.05) is 59.3 Å². The van der Waals surface area contributed by atoms with Gasteiger partial charge in [0.25, 0.3) is 0 Å². The smallest absolute Gasteiger partial charge is 0.309 e. The number of allylic oxidation sites excluding steroid dienone is 3. The Labute approximate surface area is 432 Å². The highest BCUT2D eigenvalue weighted by Crippen LogP contribution is 2.39. The van der Waals surface area contributed by atoms with E-state index in [0.29, 0.717) is 18.3 Å². The van der Waals surface area contributed by atoms with Crippen molar-refractivity contribution in [1.82, 2.24) is 4.90 Å². The van der Waals surface area contributed by atoms with E-state index in [1.807, 2.05) is 33.8 Å². The molecular formula is C53H87NO19. The number of methoxy groups -OCH3 is 2. The van der Waals surface area contributed by atoms with E-state index in [0.717, 1.165) is 0 Å². The average molecular weight is 1040 g/mol. The number of esters is 3. The second kappa shape index (κ2) is 28.2. The van der Waals surface area contributed by atoms with Gasteiger partial charge in [-0.15, -0.1) is 0 Å². The van der Waals surface area contributed by atoms with Crippen molar-refractivity contribution in [1.29, 1.82) is 0 Å². The molecule has 3 saturated heterocycles. The maximum atomic E-state index is 14.2. The number of aldehydes is 1. The number of likely N-dealkylation sites (N-methyl/N-ethyl adjacent to an activating group) is 1. The van der Waals surface area contributed by atoms with Crippen LogP contribution in [0.15, 0.2) is 23.8 Å². The highest BCUT2D eigenvalue weighted by atomic mass is 16.8. The Kier molecular flexibility index (Phi) is 24.1. The Bertz CT molecular complexity index is 1860. The minimum absolute atomic E-state index is 0.0378. The Morgan fingerprint density at radius 2 is 1.56 bits per heavy atom. The van der Waals surface area contributed by atoms with Crippen molar-refractivity contribution < 1.29 is 91.4 Å². The Hall–Kier alpha value is -3.25. The molecule has 4 heterocycles. The van der Waals surface area contributed by atoms with Crippen LogP contribution >= 0.6 is 0 Å². The van der Waals surface area contributed by atoms with Crippen LogP contribution in [0.3, 0.4) is 0 Å². The van der Waals surface area contributed by atoms with Crippen molar-refractivity contribution in [2.45, 2.75) is 213 Å². The number of aliphatic hydroxyl groups excluding tert-OH is 2. The minimum atomic E-state index is -1.90. The predicted molar refractivity (Wildman–Crippen MR) is 263 cm³/mol. The molecule has 21 atom stereocenters. The first-order valence-electron chi connectivity index (χ1n) is 25.9. The van der Waals surface area contributed by atoms with E-state index in [1.54, 1.807) is 59.7 Å². The van der Waals surface area contributed by atoms with Gasteiger partial charge in [0.1, 0.15) is 49.0 Å². The van der Waals surface area contributed by atoms with Crippen molar-refractivity contribution >= 4 is 30.0 Å². The third-order valence-corrected chi connectivity index (χ3v) is 14.5. The Morgan fingerprint density at radius 3 is 2.14 bits per heavy atom. The normalized spacial score (nSPS) is 41.6. The summed E-state index contributed by atoms with van der Waals surface area (Å²) < 4.78 is 67.1. The number of rotatable bonds is 17. The molecule has 3 N–H and O–H groups in total. The van der Waals surface area contributed by atoms with E-state index >= 15 is 0 Å². The Morgan fingerprint density at radius 1 is 0.904 bits per heavy atom. The molecule has 0 unspecified atom stereocenters. The molecule has 3 fully saturated rings. The second-order valence-corrected chi connectivity index (χ2v) is 21.4. The lowest BCUT2D eigenvalue weighted by Crippen LogP contribution is -2.65. The van der Waals surface area contributed by atoms with Crippen molar-refractivity contribution in [3.05, 3.63) is 23.8 Å². The number of ketones is 1. The van der Waals surface area contributed by atoms with E-state index in [9.17, 15) is 39.3 Å². The highest BCUT2D eigenvalue weighted by molar-refractivity contribution is 5.91. The molecule has 0 saturated carbocycles. The average Bonchev–Trinajstić information content (AvgIpc) is 3.29. The quantitative estimate of drug-likeness (QED) is 0.105. The van der Waals surface area contributed by atoms with Gasteiger partial charge >= 0.3 is 17.9 Å². The molecule has 4 aliphatic rings. The molecule has 418 valence electrons. The SMILES string of the molecule is CC[C@H]1OC(=O)C[C@@H](OC(C)=O)[C@H](C)[C@@H](O[C@@H]2O[C@H](C)[C@@H](O[C@@H]3C[C@@H](C)[C@H](OC(=O)CC(C)C)[C@](C)(O)O3)[C@H](N(C)C)[C@H]2O)[C@@H](CC=O)C[C@@H](C)C(=O)/C=C/C(C)=C/[C@@H]1CO[C@@H]1O[C@H](C)[C@@H](O)[C@@H](OC)[C@H]1OC. The third-order valence-electron chi connectivity index (χ3n) is 14.5. The largest absolute Gasteiger partial charge is 0.462 e. The van der Waals surface area contributed by atoms with Crippen LogP contribution in [0.25, 0.3) is 0 Å². The summed E-state index contributed by atoms with van der Waals surface area (Å²) in [5.74, 6) is -7.16. The van der Waals surface area contributed by atoms with Gasteiger partial charge in [-0.05, 0) is 72.5 Å². The molecule has 0 aromatic heterocycles. The first kappa shape index (κ1) is 62.3. The molecule has 0 radical (unpaired) electrons. The fraction of sp³-hybridized carbons (Fsp3) is 0.830. The van der Waals surface area contributed by atoms with E-state index in [4.69, 9.17) is 52.1 Å². The lowest BCUT2D eigenvalue weighted by Gasteiger charge is -2.50. The molecule has 0 aromatic carbocycles. The summed E-state index contributed by atoms with van der Waals surface area (Å²) in [4.78, 5) is 67.9. The number of nitrogens with zero attached hydrogens (tertiary/aromatic N) is 1. The summed E-state index contributed by atoms with van der Waals surface area (Å²) in [5, 5.41) is 34.4. The number of hydrogen-bond donors (Lipinski definition) is 3. The minimum Gasteiger partial charge on any atom is -0.462 e. The maximum absolute atomic E-state index is 14.2. The fourth-order valence-electron chi connectivity index (χ4n) is 10.6. The number of cyclic esters (lactones) is 1. The van der Waals surface area contributed by atoms with Crippen LogP contribution in [0.2, 0.25) is 0 Å². The van der Waals surface area contributed by atoms with Crippen molar-refractivity contribution in [3.63, 3.8) is 0 Å². The summed E-state index contributed by atoms with van der Waals surface area (Å²) in [6.07, 6.45) is -7.61. The molecule has 4 rings (SSSR count). The lowest BCUT2D eigenvalue weighted by atomic mass is 9.79. The Balaban J connectivity index is 1.66. The van der Waals surface area contributed by atoms with Crippen LogP contribution in [-0.2, 0) is 76.1 Å². The molecular weight excluding hydrogens is 955 g/mol. The summed E-state index contributed by atoms with van der Waals surface area (Å²) in [6, 6.07) is -0.809. The molecule has 4 aliphatic heterocycles. The molecule has 0 aromatic rings. The maximum Gasteiger partial charge on any atom is 0.309 e. The monoisotopic (exact) mass is 1040 g/mol. The second-order valence-electron chi connectivity index (χ2n) is 21.4. The number of aliphatic hydroxyl groups is 3. The van der Waals surface area contributed by atoms with Gasteiger partial charge in [-0.2, -0.15) is 0 Å².